The molecule has 1 fully saturated rings. The summed E-state index contributed by atoms with van der Waals surface area (Å²) >= 11 is 0. The van der Waals surface area contributed by atoms with Gasteiger partial charge < -0.3 is 10.6 Å². The number of carbonyl (C=O) groups excluding carboxylic acids is 1. The quantitative estimate of drug-likeness (QED) is 0.689. The topological polar surface area (TPSA) is 49.6 Å². The molecule has 0 aromatic heterocycles. The summed E-state index contributed by atoms with van der Waals surface area (Å²) in [5.41, 5.74) is 5.40. The number of unbranched alkanes of at least 4 members (excludes halogenated alkanes) is 3. The van der Waals surface area contributed by atoms with Gasteiger partial charge in [-0.1, -0.05) is 12.8 Å². The van der Waals surface area contributed by atoms with Crippen molar-refractivity contribution in [3.63, 3.8) is 0 Å². The van der Waals surface area contributed by atoms with Gasteiger partial charge in [0.15, 0.2) is 0 Å². The van der Waals surface area contributed by atoms with Crippen LogP contribution in [0.25, 0.3) is 0 Å². The number of amides is 1. The first-order valence-corrected chi connectivity index (χ1v) is 7.69. The summed E-state index contributed by atoms with van der Waals surface area (Å²) in [7, 11) is 0. The Morgan fingerprint density at radius 1 is 0.957 bits per heavy atom. The Labute approximate surface area is 148 Å². The zero-order valence-corrected chi connectivity index (χ0v) is 14.9. The van der Waals surface area contributed by atoms with E-state index in [9.17, 15) is 18.0 Å². The molecule has 1 amide bonds. The lowest BCUT2D eigenvalue weighted by atomic mass is 10.1. The molecular formula is C14H28Cl2F3N3O. The van der Waals surface area contributed by atoms with E-state index < -0.39 is 12.7 Å². The lowest BCUT2D eigenvalue weighted by Gasteiger charge is -2.22. The van der Waals surface area contributed by atoms with Crippen LogP contribution in [0.3, 0.4) is 0 Å². The van der Waals surface area contributed by atoms with Gasteiger partial charge in [-0.15, -0.1) is 24.8 Å². The molecule has 1 saturated heterocycles. The Morgan fingerprint density at radius 3 is 2.22 bits per heavy atom. The van der Waals surface area contributed by atoms with Gasteiger partial charge in [-0.2, -0.15) is 13.2 Å². The maximum Gasteiger partial charge on any atom is 0.401 e. The third kappa shape index (κ3) is 11.9. The van der Waals surface area contributed by atoms with E-state index in [2.05, 4.69) is 0 Å². The van der Waals surface area contributed by atoms with E-state index in [0.29, 0.717) is 45.6 Å². The Hall–Kier alpha value is -0.240. The van der Waals surface area contributed by atoms with Crippen molar-refractivity contribution in [2.45, 2.75) is 44.7 Å². The van der Waals surface area contributed by atoms with E-state index in [1.54, 1.807) is 4.90 Å². The minimum absolute atomic E-state index is 0. The van der Waals surface area contributed by atoms with E-state index in [4.69, 9.17) is 5.73 Å². The zero-order chi connectivity index (χ0) is 15.7. The normalized spacial score (nSPS) is 16.3. The van der Waals surface area contributed by atoms with Crippen molar-refractivity contribution < 1.29 is 18.0 Å². The highest BCUT2D eigenvalue weighted by atomic mass is 35.5. The standard InChI is InChI=1S/C14H26F3N3O.2ClH/c15-14(16,17)12-19-8-5-9-20(11-10-19)13(21)6-3-1-2-4-7-18;;/h1-12,18H2;2*1H. The molecule has 4 nitrogen and oxygen atoms in total. The van der Waals surface area contributed by atoms with E-state index in [1.807, 2.05) is 0 Å². The van der Waals surface area contributed by atoms with Crippen LogP contribution >= 0.6 is 24.8 Å². The van der Waals surface area contributed by atoms with Crippen molar-refractivity contribution in [3.05, 3.63) is 0 Å². The molecule has 0 spiro atoms. The molecule has 0 radical (unpaired) electrons. The van der Waals surface area contributed by atoms with Crippen molar-refractivity contribution in [2.24, 2.45) is 5.73 Å². The van der Waals surface area contributed by atoms with Gasteiger partial charge >= 0.3 is 6.18 Å². The molecule has 1 aliphatic rings. The highest BCUT2D eigenvalue weighted by Crippen LogP contribution is 2.18. The van der Waals surface area contributed by atoms with Crippen LogP contribution < -0.4 is 5.73 Å². The number of carbonyl (C=O) groups is 1. The van der Waals surface area contributed by atoms with Crippen molar-refractivity contribution in [1.82, 2.24) is 9.80 Å². The van der Waals surface area contributed by atoms with E-state index >= 15 is 0 Å². The molecular weight excluding hydrogens is 354 g/mol. The Morgan fingerprint density at radius 2 is 1.61 bits per heavy atom. The largest absolute Gasteiger partial charge is 0.401 e. The first kappa shape index (κ1) is 25.0. The second-order valence-corrected chi connectivity index (χ2v) is 5.58. The first-order valence-electron chi connectivity index (χ1n) is 7.69. The number of halogens is 5. The molecule has 0 aromatic carbocycles. The van der Waals surface area contributed by atoms with Crippen LogP contribution in [-0.2, 0) is 4.79 Å². The van der Waals surface area contributed by atoms with Crippen molar-refractivity contribution >= 4 is 30.7 Å². The van der Waals surface area contributed by atoms with Crippen LogP contribution in [0.15, 0.2) is 0 Å². The number of hydrogen-bond donors (Lipinski definition) is 1. The van der Waals surface area contributed by atoms with Crippen LogP contribution in [0.1, 0.15) is 38.5 Å². The average Bonchev–Trinajstić information content (AvgIpc) is 2.62. The average molecular weight is 382 g/mol. The molecule has 0 aromatic rings. The maximum absolute atomic E-state index is 12.4. The number of alkyl halides is 3. The number of hydrogen-bond acceptors (Lipinski definition) is 3. The van der Waals surface area contributed by atoms with Gasteiger partial charge in [-0.25, -0.2) is 0 Å². The molecule has 23 heavy (non-hydrogen) atoms. The predicted octanol–water partition coefficient (Wildman–Crippen LogP) is 2.84. The van der Waals surface area contributed by atoms with Crippen molar-refractivity contribution in [1.29, 1.82) is 0 Å². The molecule has 1 heterocycles. The number of nitrogens with zero attached hydrogens (tertiary/aromatic N) is 2. The molecule has 0 saturated carbocycles. The van der Waals surface area contributed by atoms with Crippen LogP contribution in [0.5, 0.6) is 0 Å². The number of nitrogens with two attached hydrogens (primary N) is 1. The van der Waals surface area contributed by atoms with Gasteiger partial charge in [0.1, 0.15) is 0 Å². The lowest BCUT2D eigenvalue weighted by molar-refractivity contribution is -0.145. The SMILES string of the molecule is Cl.Cl.NCCCCCCC(=O)N1CCCN(CC(F)(F)F)CC1. The van der Waals surface area contributed by atoms with Crippen molar-refractivity contribution in [2.75, 3.05) is 39.3 Å². The minimum atomic E-state index is -4.16. The molecule has 0 aliphatic carbocycles. The first-order chi connectivity index (χ1) is 9.92. The van der Waals surface area contributed by atoms with E-state index in [1.165, 1.54) is 4.90 Å². The van der Waals surface area contributed by atoms with Crippen molar-refractivity contribution in [3.8, 4) is 0 Å². The molecule has 9 heteroatoms. The Bertz CT molecular complexity index is 320. The third-order valence-corrected chi connectivity index (χ3v) is 3.69. The molecule has 0 bridgehead atoms. The van der Waals surface area contributed by atoms with Gasteiger partial charge in [-0.3, -0.25) is 9.69 Å². The summed E-state index contributed by atoms with van der Waals surface area (Å²) in [6, 6.07) is 0. The van der Waals surface area contributed by atoms with Gasteiger partial charge in [0.05, 0.1) is 6.54 Å². The summed E-state index contributed by atoms with van der Waals surface area (Å²) in [6.07, 6.45) is 0.757. The van der Waals surface area contributed by atoms with E-state index in [-0.39, 0.29) is 30.7 Å². The van der Waals surface area contributed by atoms with Crippen LogP contribution in [0.2, 0.25) is 0 Å². The summed E-state index contributed by atoms with van der Waals surface area (Å²) in [5.74, 6) is 0.0663. The monoisotopic (exact) mass is 381 g/mol. The summed E-state index contributed by atoms with van der Waals surface area (Å²) in [6.45, 7) is 1.47. The summed E-state index contributed by atoms with van der Waals surface area (Å²) in [4.78, 5) is 15.1. The molecule has 1 aliphatic heterocycles. The van der Waals surface area contributed by atoms with Gasteiger partial charge in [0.25, 0.3) is 0 Å². The third-order valence-electron chi connectivity index (χ3n) is 3.69. The molecule has 140 valence electrons. The molecule has 1 rings (SSSR count). The smallest absolute Gasteiger partial charge is 0.341 e. The van der Waals surface area contributed by atoms with E-state index in [0.717, 1.165) is 25.7 Å². The lowest BCUT2D eigenvalue weighted by Crippen LogP contribution is -2.38. The van der Waals surface area contributed by atoms with Crippen LogP contribution in [0.4, 0.5) is 13.2 Å². The fourth-order valence-corrected chi connectivity index (χ4v) is 2.56. The summed E-state index contributed by atoms with van der Waals surface area (Å²) < 4.78 is 37.1. The van der Waals surface area contributed by atoms with Gasteiger partial charge in [-0.05, 0) is 25.8 Å². The zero-order valence-electron chi connectivity index (χ0n) is 13.3. The second-order valence-electron chi connectivity index (χ2n) is 5.58. The Kier molecular flexibility index (Phi) is 14.2. The highest BCUT2D eigenvalue weighted by Gasteiger charge is 2.31. The predicted molar refractivity (Wildman–Crippen MR) is 90.3 cm³/mol. The number of rotatable bonds is 7. The van der Waals surface area contributed by atoms with Crippen LogP contribution in [0, 0.1) is 0 Å². The molecule has 2 N–H and O–H groups in total. The second kappa shape index (κ2) is 13.1. The van der Waals surface area contributed by atoms with Gasteiger partial charge in [0.2, 0.25) is 5.91 Å². The minimum Gasteiger partial charge on any atom is -0.341 e. The summed E-state index contributed by atoms with van der Waals surface area (Å²) in [5, 5.41) is 0. The fourth-order valence-electron chi connectivity index (χ4n) is 2.56. The molecule has 0 unspecified atom stereocenters. The maximum atomic E-state index is 12.4. The van der Waals surface area contributed by atoms with Gasteiger partial charge in [0, 0.05) is 32.6 Å². The van der Waals surface area contributed by atoms with Crippen LogP contribution in [-0.4, -0.2) is 61.2 Å². The molecule has 0 atom stereocenters. The fraction of sp³-hybridized carbons (Fsp3) is 0.929. The highest BCUT2D eigenvalue weighted by molar-refractivity contribution is 5.85. The Balaban J connectivity index is 0.